The molecular weight excluding hydrogens is 257 g/mol. The molecule has 0 spiro atoms. The Balaban J connectivity index is 2.42. The van der Waals surface area contributed by atoms with Gasteiger partial charge in [0.25, 0.3) is 0 Å². The van der Waals surface area contributed by atoms with Crippen molar-refractivity contribution in [2.45, 2.75) is 18.8 Å². The van der Waals surface area contributed by atoms with Crippen molar-refractivity contribution in [1.29, 1.82) is 0 Å². The van der Waals surface area contributed by atoms with Crippen molar-refractivity contribution in [1.82, 2.24) is 4.57 Å². The number of aryl methyl sites for hydroxylation is 1. The lowest BCUT2D eigenvalue weighted by Crippen LogP contribution is -1.95. The lowest BCUT2D eigenvalue weighted by Gasteiger charge is -2.02. The highest BCUT2D eigenvalue weighted by molar-refractivity contribution is 9.10. The molecule has 0 N–H and O–H groups in total. The number of nitrogens with zero attached hydrogens (tertiary/aromatic N) is 1. The third kappa shape index (κ3) is 1.26. The van der Waals surface area contributed by atoms with Crippen molar-refractivity contribution >= 4 is 26.8 Å². The fraction of sp³-hybridized carbons (Fsp3) is 0.333. The van der Waals surface area contributed by atoms with Crippen LogP contribution in [0.25, 0.3) is 10.9 Å². The third-order valence-electron chi connectivity index (χ3n) is 3.11. The molecule has 1 aliphatic carbocycles. The molecule has 1 saturated carbocycles. The normalized spacial score (nSPS) is 16.2. The Morgan fingerprint density at radius 3 is 2.73 bits per heavy atom. The Morgan fingerprint density at radius 1 is 1.40 bits per heavy atom. The number of fused-ring (bicyclic) bond motifs is 1. The van der Waals surface area contributed by atoms with Gasteiger partial charge in [0.2, 0.25) is 0 Å². The number of hydrogen-bond acceptors (Lipinski definition) is 0. The molecule has 3 heteroatoms. The average molecular weight is 268 g/mol. The van der Waals surface area contributed by atoms with Gasteiger partial charge in [0, 0.05) is 28.5 Å². The zero-order valence-corrected chi connectivity index (χ0v) is 10.0. The van der Waals surface area contributed by atoms with Crippen LogP contribution in [0.15, 0.2) is 22.7 Å². The first kappa shape index (κ1) is 9.40. The molecule has 1 aromatic carbocycles. The first-order valence-electron chi connectivity index (χ1n) is 5.12. The zero-order valence-electron chi connectivity index (χ0n) is 8.43. The minimum Gasteiger partial charge on any atom is -0.344 e. The first-order chi connectivity index (χ1) is 7.20. The van der Waals surface area contributed by atoms with Crippen molar-refractivity contribution in [3.63, 3.8) is 0 Å². The summed E-state index contributed by atoms with van der Waals surface area (Å²) in [6, 6.07) is 5.25. The summed E-state index contributed by atoms with van der Waals surface area (Å²) >= 11 is 3.59. The molecule has 1 heterocycles. The quantitative estimate of drug-likeness (QED) is 0.737. The smallest absolute Gasteiger partial charge is 0.147 e. The standard InChI is InChI=1S/C12H11BrFN/c1-15-11(7-5-6-7)10(13)8-3-2-4-9(14)12(8)15/h2-4,7H,5-6H2,1H3. The van der Waals surface area contributed by atoms with Gasteiger partial charge in [0.15, 0.2) is 0 Å². The fourth-order valence-corrected chi connectivity index (χ4v) is 3.16. The van der Waals surface area contributed by atoms with Crippen LogP contribution in [-0.2, 0) is 7.05 Å². The van der Waals surface area contributed by atoms with E-state index in [4.69, 9.17) is 0 Å². The van der Waals surface area contributed by atoms with Crippen LogP contribution in [-0.4, -0.2) is 4.57 Å². The second-order valence-corrected chi connectivity index (χ2v) is 4.96. The molecule has 1 nitrogen and oxygen atoms in total. The predicted octanol–water partition coefficient (Wildman–Crippen LogP) is 3.96. The third-order valence-corrected chi connectivity index (χ3v) is 3.94. The highest BCUT2D eigenvalue weighted by Gasteiger charge is 2.30. The van der Waals surface area contributed by atoms with Gasteiger partial charge in [-0.05, 0) is 34.8 Å². The zero-order chi connectivity index (χ0) is 10.6. The van der Waals surface area contributed by atoms with E-state index in [1.807, 2.05) is 17.7 Å². The monoisotopic (exact) mass is 267 g/mol. The largest absolute Gasteiger partial charge is 0.344 e. The van der Waals surface area contributed by atoms with E-state index in [1.165, 1.54) is 24.6 Å². The molecule has 1 aromatic heterocycles. The summed E-state index contributed by atoms with van der Waals surface area (Å²) in [6.45, 7) is 0. The summed E-state index contributed by atoms with van der Waals surface area (Å²) in [4.78, 5) is 0. The number of rotatable bonds is 1. The van der Waals surface area contributed by atoms with E-state index in [1.54, 1.807) is 6.07 Å². The highest BCUT2D eigenvalue weighted by atomic mass is 79.9. The SMILES string of the molecule is Cn1c(C2CC2)c(Br)c2cccc(F)c21. The van der Waals surface area contributed by atoms with E-state index in [0.29, 0.717) is 11.4 Å². The van der Waals surface area contributed by atoms with Gasteiger partial charge in [-0.2, -0.15) is 0 Å². The van der Waals surface area contributed by atoms with Crippen molar-refractivity contribution in [2.75, 3.05) is 0 Å². The molecule has 0 aliphatic heterocycles. The Bertz CT molecular complexity index is 540. The van der Waals surface area contributed by atoms with Crippen LogP contribution < -0.4 is 0 Å². The summed E-state index contributed by atoms with van der Waals surface area (Å²) < 4.78 is 16.7. The second kappa shape index (κ2) is 3.08. The van der Waals surface area contributed by atoms with Gasteiger partial charge in [-0.25, -0.2) is 4.39 Å². The summed E-state index contributed by atoms with van der Waals surface area (Å²) in [5.41, 5.74) is 1.96. The van der Waals surface area contributed by atoms with Crippen LogP contribution in [0, 0.1) is 5.82 Å². The van der Waals surface area contributed by atoms with Gasteiger partial charge in [-0.1, -0.05) is 12.1 Å². The molecule has 0 unspecified atom stereocenters. The van der Waals surface area contributed by atoms with E-state index in [9.17, 15) is 4.39 Å². The summed E-state index contributed by atoms with van der Waals surface area (Å²) in [7, 11) is 1.95. The summed E-state index contributed by atoms with van der Waals surface area (Å²) in [5.74, 6) is 0.485. The molecule has 3 rings (SSSR count). The number of hydrogen-bond donors (Lipinski definition) is 0. The molecule has 0 amide bonds. The second-order valence-electron chi connectivity index (χ2n) is 4.17. The van der Waals surface area contributed by atoms with E-state index in [0.717, 1.165) is 9.86 Å². The fourth-order valence-electron chi connectivity index (χ4n) is 2.25. The van der Waals surface area contributed by atoms with Gasteiger partial charge < -0.3 is 4.57 Å². The molecule has 0 saturated heterocycles. The molecule has 1 aliphatic rings. The topological polar surface area (TPSA) is 4.93 Å². The first-order valence-corrected chi connectivity index (χ1v) is 5.91. The van der Waals surface area contributed by atoms with Gasteiger partial charge in [0.1, 0.15) is 5.82 Å². The Labute approximate surface area is 96.0 Å². The van der Waals surface area contributed by atoms with Gasteiger partial charge in [0.05, 0.1) is 5.52 Å². The van der Waals surface area contributed by atoms with Crippen molar-refractivity contribution in [2.24, 2.45) is 7.05 Å². The number of para-hydroxylation sites is 1. The molecule has 0 bridgehead atoms. The van der Waals surface area contributed by atoms with Crippen molar-refractivity contribution < 1.29 is 4.39 Å². The van der Waals surface area contributed by atoms with E-state index in [-0.39, 0.29) is 5.82 Å². The van der Waals surface area contributed by atoms with Crippen molar-refractivity contribution in [3.8, 4) is 0 Å². The van der Waals surface area contributed by atoms with Crippen LogP contribution >= 0.6 is 15.9 Å². The lowest BCUT2D eigenvalue weighted by molar-refractivity contribution is 0.630. The van der Waals surface area contributed by atoms with Crippen LogP contribution in [0.2, 0.25) is 0 Å². The van der Waals surface area contributed by atoms with Crippen LogP contribution in [0.3, 0.4) is 0 Å². The highest BCUT2D eigenvalue weighted by Crippen LogP contribution is 2.46. The van der Waals surface area contributed by atoms with Crippen molar-refractivity contribution in [3.05, 3.63) is 34.2 Å². The molecular formula is C12H11BrFN. The predicted molar refractivity (Wildman–Crippen MR) is 62.6 cm³/mol. The summed E-state index contributed by atoms with van der Waals surface area (Å²) in [5, 5.41) is 0.986. The summed E-state index contributed by atoms with van der Waals surface area (Å²) in [6.07, 6.45) is 2.45. The lowest BCUT2D eigenvalue weighted by atomic mass is 10.2. The van der Waals surface area contributed by atoms with E-state index in [2.05, 4.69) is 15.9 Å². The molecule has 78 valence electrons. The van der Waals surface area contributed by atoms with Crippen LogP contribution in [0.4, 0.5) is 4.39 Å². The molecule has 1 fully saturated rings. The molecule has 0 atom stereocenters. The maximum absolute atomic E-state index is 13.7. The van der Waals surface area contributed by atoms with Gasteiger partial charge >= 0.3 is 0 Å². The number of aromatic nitrogens is 1. The van der Waals surface area contributed by atoms with Gasteiger partial charge in [-0.15, -0.1) is 0 Å². The van der Waals surface area contributed by atoms with E-state index >= 15 is 0 Å². The maximum Gasteiger partial charge on any atom is 0.147 e. The Morgan fingerprint density at radius 2 is 2.13 bits per heavy atom. The number of benzene rings is 1. The minimum atomic E-state index is -0.136. The van der Waals surface area contributed by atoms with Gasteiger partial charge in [-0.3, -0.25) is 0 Å². The Kier molecular flexibility index (Phi) is 1.93. The maximum atomic E-state index is 13.7. The molecule has 2 aromatic rings. The minimum absolute atomic E-state index is 0.136. The van der Waals surface area contributed by atoms with Crippen LogP contribution in [0.5, 0.6) is 0 Å². The molecule has 0 radical (unpaired) electrons. The Hall–Kier alpha value is -0.830. The molecule has 15 heavy (non-hydrogen) atoms. The van der Waals surface area contributed by atoms with E-state index < -0.39 is 0 Å². The average Bonchev–Trinajstić information content (AvgIpc) is 2.98. The van der Waals surface area contributed by atoms with Crippen LogP contribution in [0.1, 0.15) is 24.5 Å². The number of halogens is 2.